The molecule has 6 heteroatoms. The van der Waals surface area contributed by atoms with Gasteiger partial charge in [-0.25, -0.2) is 4.52 Å². The lowest BCUT2D eigenvalue weighted by Gasteiger charge is -2.03. The van der Waals surface area contributed by atoms with Crippen molar-refractivity contribution >= 4 is 23.2 Å². The van der Waals surface area contributed by atoms with Gasteiger partial charge < -0.3 is 10.1 Å². The summed E-state index contributed by atoms with van der Waals surface area (Å²) in [5.74, 6) is 0.566. The summed E-state index contributed by atoms with van der Waals surface area (Å²) in [6, 6.07) is 3.60. The average molecular weight is 267 g/mol. The largest absolute Gasteiger partial charge is 0.375 e. The number of fused-ring (bicyclic) bond motifs is 1. The van der Waals surface area contributed by atoms with Crippen LogP contribution in [0.25, 0.3) is 5.65 Å². The van der Waals surface area contributed by atoms with Crippen LogP contribution >= 0.6 is 11.6 Å². The first-order chi connectivity index (χ1) is 8.65. The van der Waals surface area contributed by atoms with Crippen LogP contribution in [0.2, 0.25) is 5.02 Å². The highest BCUT2D eigenvalue weighted by atomic mass is 35.5. The van der Waals surface area contributed by atoms with Crippen LogP contribution in [0.1, 0.15) is 6.92 Å². The number of hydrogen-bond donors (Lipinski definition) is 1. The molecule has 0 fully saturated rings. The zero-order valence-corrected chi connectivity index (χ0v) is 10.9. The molecule has 2 heterocycles. The standard InChI is InChI=1S/C12H15ClN4O/c1-9(2)8-18-6-5-14-12-15-11-4-3-10(13)7-17(11)16-12/h3-4,7H,1,5-6,8H2,2H3,(H,14,16). The molecule has 2 rings (SSSR count). The van der Waals surface area contributed by atoms with E-state index in [2.05, 4.69) is 22.0 Å². The molecule has 5 nitrogen and oxygen atoms in total. The van der Waals surface area contributed by atoms with E-state index in [0.29, 0.717) is 30.7 Å². The van der Waals surface area contributed by atoms with Crippen molar-refractivity contribution in [2.24, 2.45) is 0 Å². The SMILES string of the molecule is C=C(C)COCCNc1nc2ccc(Cl)cn2n1. The Bertz CT molecular complexity index is 552. The van der Waals surface area contributed by atoms with Crippen molar-refractivity contribution in [1.82, 2.24) is 14.6 Å². The Morgan fingerprint density at radius 1 is 1.56 bits per heavy atom. The second kappa shape index (κ2) is 5.84. The number of nitrogens with zero attached hydrogens (tertiary/aromatic N) is 3. The minimum atomic E-state index is 0.566. The first-order valence-corrected chi connectivity index (χ1v) is 6.01. The van der Waals surface area contributed by atoms with Gasteiger partial charge in [0.05, 0.1) is 18.2 Å². The maximum absolute atomic E-state index is 5.87. The van der Waals surface area contributed by atoms with Gasteiger partial charge in [0.25, 0.3) is 0 Å². The van der Waals surface area contributed by atoms with Crippen molar-refractivity contribution in [1.29, 1.82) is 0 Å². The number of anilines is 1. The Hall–Kier alpha value is -1.59. The van der Waals surface area contributed by atoms with E-state index in [-0.39, 0.29) is 0 Å². The van der Waals surface area contributed by atoms with Gasteiger partial charge in [-0.05, 0) is 19.1 Å². The molecule has 0 saturated carbocycles. The molecule has 0 saturated heterocycles. The van der Waals surface area contributed by atoms with Gasteiger partial charge >= 0.3 is 0 Å². The molecule has 0 bridgehead atoms. The second-order valence-corrected chi connectivity index (χ2v) is 4.46. The number of rotatable bonds is 6. The van der Waals surface area contributed by atoms with Crippen molar-refractivity contribution in [2.75, 3.05) is 25.1 Å². The van der Waals surface area contributed by atoms with Gasteiger partial charge in [0.2, 0.25) is 5.95 Å². The summed E-state index contributed by atoms with van der Waals surface area (Å²) in [4.78, 5) is 4.30. The molecule has 0 aromatic carbocycles. The minimum Gasteiger partial charge on any atom is -0.375 e. The third-order valence-corrected chi connectivity index (χ3v) is 2.40. The summed E-state index contributed by atoms with van der Waals surface area (Å²) in [5.41, 5.74) is 1.76. The lowest BCUT2D eigenvalue weighted by Crippen LogP contribution is -2.11. The summed E-state index contributed by atoms with van der Waals surface area (Å²) in [6.45, 7) is 7.51. The van der Waals surface area contributed by atoms with Gasteiger partial charge in [0.15, 0.2) is 5.65 Å². The normalized spacial score (nSPS) is 10.8. The fourth-order valence-corrected chi connectivity index (χ4v) is 1.57. The predicted octanol–water partition coefficient (Wildman–Crippen LogP) is 2.39. The molecule has 0 aliphatic carbocycles. The Balaban J connectivity index is 1.86. The fourth-order valence-electron chi connectivity index (χ4n) is 1.41. The molecule has 1 N–H and O–H groups in total. The zero-order valence-electron chi connectivity index (χ0n) is 10.2. The van der Waals surface area contributed by atoms with E-state index >= 15 is 0 Å². The number of halogens is 1. The summed E-state index contributed by atoms with van der Waals surface area (Å²) in [7, 11) is 0. The van der Waals surface area contributed by atoms with Crippen LogP contribution in [0, 0.1) is 0 Å². The predicted molar refractivity (Wildman–Crippen MR) is 72.1 cm³/mol. The van der Waals surface area contributed by atoms with Crippen LogP contribution in [-0.4, -0.2) is 34.4 Å². The lowest BCUT2D eigenvalue weighted by atomic mass is 10.4. The van der Waals surface area contributed by atoms with Gasteiger partial charge in [-0.1, -0.05) is 23.8 Å². The molecule has 0 spiro atoms. The summed E-state index contributed by atoms with van der Waals surface area (Å²) >= 11 is 5.87. The minimum absolute atomic E-state index is 0.566. The number of ether oxygens (including phenoxy) is 1. The topological polar surface area (TPSA) is 51.5 Å². The van der Waals surface area contributed by atoms with Gasteiger partial charge in [-0.2, -0.15) is 4.98 Å². The Labute approximate surface area is 110 Å². The van der Waals surface area contributed by atoms with E-state index in [9.17, 15) is 0 Å². The molecule has 2 aromatic rings. The van der Waals surface area contributed by atoms with Crippen molar-refractivity contribution in [3.8, 4) is 0 Å². The van der Waals surface area contributed by atoms with Crippen LogP contribution in [0.4, 0.5) is 5.95 Å². The van der Waals surface area contributed by atoms with Crippen molar-refractivity contribution < 1.29 is 4.74 Å². The van der Waals surface area contributed by atoms with Crippen molar-refractivity contribution in [3.05, 3.63) is 35.5 Å². The van der Waals surface area contributed by atoms with E-state index in [1.807, 2.05) is 13.0 Å². The summed E-state index contributed by atoms with van der Waals surface area (Å²) < 4.78 is 7.00. The summed E-state index contributed by atoms with van der Waals surface area (Å²) in [5, 5.41) is 7.96. The van der Waals surface area contributed by atoms with Crippen LogP contribution < -0.4 is 5.32 Å². The molecular formula is C12H15ClN4O. The molecule has 0 unspecified atom stereocenters. The first kappa shape index (κ1) is 12.9. The van der Waals surface area contributed by atoms with Gasteiger partial charge in [0, 0.05) is 12.7 Å². The fraction of sp³-hybridized carbons (Fsp3) is 0.333. The second-order valence-electron chi connectivity index (χ2n) is 4.02. The molecule has 18 heavy (non-hydrogen) atoms. The molecule has 0 aliphatic rings. The third-order valence-electron chi connectivity index (χ3n) is 2.17. The van der Waals surface area contributed by atoms with Gasteiger partial charge in [-0.15, -0.1) is 5.10 Å². The Kier molecular flexibility index (Phi) is 4.17. The molecule has 0 atom stereocenters. The van der Waals surface area contributed by atoms with E-state index in [0.717, 1.165) is 11.2 Å². The smallest absolute Gasteiger partial charge is 0.243 e. The molecule has 0 aliphatic heterocycles. The maximum atomic E-state index is 5.87. The van der Waals surface area contributed by atoms with Crippen LogP contribution in [0.3, 0.4) is 0 Å². The Morgan fingerprint density at radius 3 is 3.17 bits per heavy atom. The highest BCUT2D eigenvalue weighted by molar-refractivity contribution is 6.30. The van der Waals surface area contributed by atoms with E-state index in [1.54, 1.807) is 16.8 Å². The van der Waals surface area contributed by atoms with Gasteiger partial charge in [-0.3, -0.25) is 0 Å². The highest BCUT2D eigenvalue weighted by Crippen LogP contribution is 2.11. The molecule has 2 aromatic heterocycles. The maximum Gasteiger partial charge on any atom is 0.243 e. The zero-order chi connectivity index (χ0) is 13.0. The lowest BCUT2D eigenvalue weighted by molar-refractivity contribution is 0.167. The quantitative estimate of drug-likeness (QED) is 0.644. The summed E-state index contributed by atoms with van der Waals surface area (Å²) in [6.07, 6.45) is 1.71. The number of hydrogen-bond acceptors (Lipinski definition) is 4. The number of aromatic nitrogens is 3. The van der Waals surface area contributed by atoms with Crippen LogP contribution in [0.15, 0.2) is 30.5 Å². The van der Waals surface area contributed by atoms with Gasteiger partial charge in [0.1, 0.15) is 0 Å². The van der Waals surface area contributed by atoms with Crippen LogP contribution in [0.5, 0.6) is 0 Å². The Morgan fingerprint density at radius 2 is 2.39 bits per heavy atom. The first-order valence-electron chi connectivity index (χ1n) is 5.63. The van der Waals surface area contributed by atoms with E-state index in [4.69, 9.17) is 16.3 Å². The number of nitrogens with one attached hydrogen (secondary N) is 1. The van der Waals surface area contributed by atoms with E-state index in [1.165, 1.54) is 0 Å². The van der Waals surface area contributed by atoms with E-state index < -0.39 is 0 Å². The van der Waals surface area contributed by atoms with Crippen molar-refractivity contribution in [2.45, 2.75) is 6.92 Å². The van der Waals surface area contributed by atoms with Crippen LogP contribution in [-0.2, 0) is 4.74 Å². The van der Waals surface area contributed by atoms with Crippen molar-refractivity contribution in [3.63, 3.8) is 0 Å². The average Bonchev–Trinajstić information content (AvgIpc) is 2.70. The third kappa shape index (κ3) is 3.45. The number of pyridine rings is 1. The monoisotopic (exact) mass is 266 g/mol. The molecule has 0 radical (unpaired) electrons. The highest BCUT2D eigenvalue weighted by Gasteiger charge is 2.02. The molecular weight excluding hydrogens is 252 g/mol. The molecule has 0 amide bonds. The molecule has 96 valence electrons.